The van der Waals surface area contributed by atoms with Crippen molar-refractivity contribution in [1.29, 1.82) is 0 Å². The quantitative estimate of drug-likeness (QED) is 0.799. The molecule has 0 aliphatic heterocycles. The number of sulfone groups is 1. The van der Waals surface area contributed by atoms with Crippen LogP contribution in [0.3, 0.4) is 0 Å². The summed E-state index contributed by atoms with van der Waals surface area (Å²) in [5.41, 5.74) is 1.62. The number of anilines is 1. The topological polar surface area (TPSA) is 75.3 Å². The first kappa shape index (κ1) is 13.7. The van der Waals surface area contributed by atoms with Crippen LogP contribution in [-0.4, -0.2) is 33.4 Å². The average molecular weight is 256 g/mol. The van der Waals surface area contributed by atoms with E-state index in [0.29, 0.717) is 12.2 Å². The molecule has 0 aromatic heterocycles. The standard InChI is InChI=1S/C11H16N2O3S/c1-12-7-9-4-3-5-10(6-9)13-11(14)8-17(2,15)16/h3-6,12H,7-8H2,1-2H3,(H,13,14). The van der Waals surface area contributed by atoms with E-state index >= 15 is 0 Å². The maximum Gasteiger partial charge on any atom is 0.239 e. The van der Waals surface area contributed by atoms with E-state index in [1.165, 1.54) is 0 Å². The fourth-order valence-corrected chi connectivity index (χ4v) is 1.95. The minimum absolute atomic E-state index is 0.497. The van der Waals surface area contributed by atoms with Crippen LogP contribution in [0, 0.1) is 0 Å². The Balaban J connectivity index is 2.68. The number of amides is 1. The summed E-state index contributed by atoms with van der Waals surface area (Å²) in [7, 11) is -1.46. The summed E-state index contributed by atoms with van der Waals surface area (Å²) in [5.74, 6) is -1.02. The van der Waals surface area contributed by atoms with Gasteiger partial charge in [0, 0.05) is 18.5 Å². The molecule has 0 saturated carbocycles. The van der Waals surface area contributed by atoms with E-state index in [2.05, 4.69) is 10.6 Å². The molecule has 1 rings (SSSR count). The highest BCUT2D eigenvalue weighted by atomic mass is 32.2. The normalized spacial score (nSPS) is 11.2. The Bertz CT molecular complexity index is 497. The van der Waals surface area contributed by atoms with E-state index in [4.69, 9.17) is 0 Å². The molecule has 1 aromatic carbocycles. The minimum Gasteiger partial charge on any atom is -0.325 e. The molecule has 6 heteroatoms. The zero-order chi connectivity index (χ0) is 12.9. The lowest BCUT2D eigenvalue weighted by atomic mass is 10.2. The van der Waals surface area contributed by atoms with Crippen molar-refractivity contribution in [2.45, 2.75) is 6.54 Å². The first-order valence-electron chi connectivity index (χ1n) is 5.12. The van der Waals surface area contributed by atoms with Gasteiger partial charge >= 0.3 is 0 Å². The van der Waals surface area contributed by atoms with Crippen molar-refractivity contribution in [3.63, 3.8) is 0 Å². The van der Waals surface area contributed by atoms with Crippen LogP contribution in [0.4, 0.5) is 5.69 Å². The van der Waals surface area contributed by atoms with Crippen molar-refractivity contribution in [1.82, 2.24) is 5.32 Å². The smallest absolute Gasteiger partial charge is 0.239 e. The van der Waals surface area contributed by atoms with Crippen molar-refractivity contribution in [2.24, 2.45) is 0 Å². The van der Waals surface area contributed by atoms with Crippen LogP contribution in [0.25, 0.3) is 0 Å². The number of carbonyl (C=O) groups is 1. The van der Waals surface area contributed by atoms with Crippen LogP contribution in [0.5, 0.6) is 0 Å². The number of benzene rings is 1. The first-order chi connectivity index (χ1) is 7.90. The molecule has 0 aliphatic carbocycles. The lowest BCUT2D eigenvalue weighted by molar-refractivity contribution is -0.113. The molecule has 0 saturated heterocycles. The minimum atomic E-state index is -3.29. The van der Waals surface area contributed by atoms with Crippen LogP contribution in [0.1, 0.15) is 5.56 Å². The molecule has 0 bridgehead atoms. The van der Waals surface area contributed by atoms with Gasteiger partial charge in [-0.05, 0) is 24.7 Å². The van der Waals surface area contributed by atoms with Gasteiger partial charge in [-0.1, -0.05) is 12.1 Å². The largest absolute Gasteiger partial charge is 0.325 e. The predicted octanol–water partition coefficient (Wildman–Crippen LogP) is 0.389. The van der Waals surface area contributed by atoms with Gasteiger partial charge < -0.3 is 10.6 Å². The zero-order valence-corrected chi connectivity index (χ0v) is 10.7. The maximum atomic E-state index is 11.4. The summed E-state index contributed by atoms with van der Waals surface area (Å²) in [6.07, 6.45) is 1.03. The molecule has 94 valence electrons. The predicted molar refractivity (Wildman–Crippen MR) is 67.5 cm³/mol. The Morgan fingerprint density at radius 3 is 2.65 bits per heavy atom. The SMILES string of the molecule is CNCc1cccc(NC(=O)CS(C)(=O)=O)c1. The Kier molecular flexibility index (Phi) is 4.65. The molecule has 17 heavy (non-hydrogen) atoms. The van der Waals surface area contributed by atoms with Crippen LogP contribution >= 0.6 is 0 Å². The van der Waals surface area contributed by atoms with E-state index in [9.17, 15) is 13.2 Å². The van der Waals surface area contributed by atoms with Gasteiger partial charge in [-0.3, -0.25) is 4.79 Å². The van der Waals surface area contributed by atoms with Crippen LogP contribution in [0.2, 0.25) is 0 Å². The summed E-state index contributed by atoms with van der Waals surface area (Å²) < 4.78 is 21.9. The van der Waals surface area contributed by atoms with Crippen molar-refractivity contribution in [3.05, 3.63) is 29.8 Å². The van der Waals surface area contributed by atoms with Gasteiger partial charge in [0.1, 0.15) is 5.75 Å². The lowest BCUT2D eigenvalue weighted by Gasteiger charge is -2.06. The highest BCUT2D eigenvalue weighted by Crippen LogP contribution is 2.10. The van der Waals surface area contributed by atoms with Crippen molar-refractivity contribution < 1.29 is 13.2 Å². The van der Waals surface area contributed by atoms with Gasteiger partial charge in [0.05, 0.1) is 0 Å². The molecule has 0 spiro atoms. The van der Waals surface area contributed by atoms with Gasteiger partial charge in [0.15, 0.2) is 9.84 Å². The molecule has 1 amide bonds. The number of carbonyl (C=O) groups excluding carboxylic acids is 1. The molecule has 0 atom stereocenters. The van der Waals surface area contributed by atoms with Crippen LogP contribution in [0.15, 0.2) is 24.3 Å². The molecular formula is C11H16N2O3S. The molecule has 0 radical (unpaired) electrons. The third-order valence-electron chi connectivity index (χ3n) is 1.98. The summed E-state index contributed by atoms with van der Waals surface area (Å²) >= 11 is 0. The Labute approximate surface area is 101 Å². The summed E-state index contributed by atoms with van der Waals surface area (Å²) in [5, 5.41) is 5.55. The summed E-state index contributed by atoms with van der Waals surface area (Å²) in [6.45, 7) is 0.690. The van der Waals surface area contributed by atoms with E-state index < -0.39 is 21.5 Å². The number of nitrogens with one attached hydrogen (secondary N) is 2. The van der Waals surface area contributed by atoms with Crippen LogP contribution in [-0.2, 0) is 21.2 Å². The van der Waals surface area contributed by atoms with Gasteiger partial charge in [0.25, 0.3) is 0 Å². The van der Waals surface area contributed by atoms with Gasteiger partial charge in [-0.25, -0.2) is 8.42 Å². The molecular weight excluding hydrogens is 240 g/mol. The monoisotopic (exact) mass is 256 g/mol. The summed E-state index contributed by atoms with van der Waals surface area (Å²) in [4.78, 5) is 11.4. The average Bonchev–Trinajstić information content (AvgIpc) is 2.15. The van der Waals surface area contributed by atoms with E-state index in [1.54, 1.807) is 12.1 Å². The van der Waals surface area contributed by atoms with Crippen molar-refractivity contribution >= 4 is 21.4 Å². The number of hydrogen-bond donors (Lipinski definition) is 2. The molecule has 2 N–H and O–H groups in total. The van der Waals surface area contributed by atoms with Gasteiger partial charge in [-0.15, -0.1) is 0 Å². The zero-order valence-electron chi connectivity index (χ0n) is 9.86. The van der Waals surface area contributed by atoms with Crippen LogP contribution < -0.4 is 10.6 Å². The van der Waals surface area contributed by atoms with Crippen molar-refractivity contribution in [3.8, 4) is 0 Å². The van der Waals surface area contributed by atoms with Gasteiger partial charge in [0.2, 0.25) is 5.91 Å². The van der Waals surface area contributed by atoms with Gasteiger partial charge in [-0.2, -0.15) is 0 Å². The molecule has 0 fully saturated rings. The lowest BCUT2D eigenvalue weighted by Crippen LogP contribution is -2.22. The fraction of sp³-hybridized carbons (Fsp3) is 0.364. The maximum absolute atomic E-state index is 11.4. The molecule has 0 unspecified atom stereocenters. The second-order valence-electron chi connectivity index (χ2n) is 3.85. The summed E-state index contributed by atoms with van der Waals surface area (Å²) in [6, 6.07) is 7.25. The van der Waals surface area contributed by atoms with E-state index in [-0.39, 0.29) is 0 Å². The molecule has 0 heterocycles. The van der Waals surface area contributed by atoms with E-state index in [1.807, 2.05) is 19.2 Å². The number of rotatable bonds is 5. The third kappa shape index (κ3) is 5.46. The fourth-order valence-electron chi connectivity index (χ4n) is 1.40. The van der Waals surface area contributed by atoms with Crippen molar-refractivity contribution in [2.75, 3.05) is 24.4 Å². The molecule has 0 aliphatic rings. The first-order valence-corrected chi connectivity index (χ1v) is 7.18. The molecule has 5 nitrogen and oxygen atoms in total. The Morgan fingerprint density at radius 2 is 2.06 bits per heavy atom. The highest BCUT2D eigenvalue weighted by molar-refractivity contribution is 7.91. The Hall–Kier alpha value is -1.40. The van der Waals surface area contributed by atoms with E-state index in [0.717, 1.165) is 11.8 Å². The second-order valence-corrected chi connectivity index (χ2v) is 5.99. The highest BCUT2D eigenvalue weighted by Gasteiger charge is 2.10. The second kappa shape index (κ2) is 5.79. The molecule has 1 aromatic rings. The number of hydrogen-bond acceptors (Lipinski definition) is 4. The third-order valence-corrected chi connectivity index (χ3v) is 2.77. The Morgan fingerprint density at radius 1 is 1.35 bits per heavy atom.